The van der Waals surface area contributed by atoms with E-state index in [2.05, 4.69) is 10.1 Å². The Bertz CT molecular complexity index is 444. The summed E-state index contributed by atoms with van der Waals surface area (Å²) in [5.74, 6) is 1.27. The highest BCUT2D eigenvalue weighted by Crippen LogP contribution is 2.10. The van der Waals surface area contributed by atoms with Crippen LogP contribution >= 0.6 is 0 Å². The van der Waals surface area contributed by atoms with Crippen molar-refractivity contribution in [3.05, 3.63) is 35.7 Å². The summed E-state index contributed by atoms with van der Waals surface area (Å²) in [6.45, 7) is 4.35. The zero-order valence-electron chi connectivity index (χ0n) is 8.84. The molecule has 0 aliphatic rings. The van der Waals surface area contributed by atoms with Gasteiger partial charge in [-0.1, -0.05) is 5.16 Å². The normalized spacial score (nSPS) is 13.0. The molecule has 0 amide bonds. The average Bonchev–Trinajstić information content (AvgIpc) is 2.76. The van der Waals surface area contributed by atoms with Crippen molar-refractivity contribution in [2.75, 3.05) is 0 Å². The Morgan fingerprint density at radius 2 is 2.40 bits per heavy atom. The molecule has 0 spiro atoms. The Balaban J connectivity index is 2.11. The van der Waals surface area contributed by atoms with Gasteiger partial charge in [-0.05, 0) is 25.5 Å². The minimum atomic E-state index is 0.0515. The van der Waals surface area contributed by atoms with Crippen LogP contribution in [0.25, 0.3) is 0 Å². The van der Waals surface area contributed by atoms with Crippen LogP contribution in [0.3, 0.4) is 0 Å². The first-order valence-electron chi connectivity index (χ1n) is 4.85. The lowest BCUT2D eigenvalue weighted by molar-refractivity contribution is 0.368. The minimum absolute atomic E-state index is 0.0515. The molecule has 0 aromatic carbocycles. The van der Waals surface area contributed by atoms with E-state index in [0.29, 0.717) is 18.3 Å². The second-order valence-corrected chi connectivity index (χ2v) is 3.64. The van der Waals surface area contributed by atoms with Crippen LogP contribution in [0.1, 0.15) is 30.2 Å². The van der Waals surface area contributed by atoms with Crippen LogP contribution in [0.4, 0.5) is 0 Å². The maximum absolute atomic E-state index is 5.76. The Kier molecular flexibility index (Phi) is 2.55. The third kappa shape index (κ3) is 2.24. The van der Waals surface area contributed by atoms with Gasteiger partial charge in [-0.25, -0.2) is 0 Å². The fourth-order valence-electron chi connectivity index (χ4n) is 1.39. The fourth-order valence-corrected chi connectivity index (χ4v) is 1.39. The van der Waals surface area contributed by atoms with Crippen molar-refractivity contribution in [1.29, 1.82) is 0 Å². The molecule has 2 heterocycles. The molecule has 0 saturated heterocycles. The predicted molar refractivity (Wildman–Crippen MR) is 55.2 cm³/mol. The van der Waals surface area contributed by atoms with Crippen molar-refractivity contribution in [2.45, 2.75) is 26.4 Å². The molecular formula is C10H14N4O. The average molecular weight is 206 g/mol. The molecule has 2 aromatic heterocycles. The summed E-state index contributed by atoms with van der Waals surface area (Å²) in [7, 11) is 0. The summed E-state index contributed by atoms with van der Waals surface area (Å²) in [5.41, 5.74) is 6.86. The molecule has 1 atom stereocenters. The highest BCUT2D eigenvalue weighted by molar-refractivity contribution is 5.14. The zero-order valence-corrected chi connectivity index (χ0v) is 8.84. The molecule has 2 N–H and O–H groups in total. The predicted octanol–water partition coefficient (Wildman–Crippen LogP) is 1.25. The Labute approximate surface area is 87.9 Å². The molecule has 0 fully saturated rings. The van der Waals surface area contributed by atoms with Crippen molar-refractivity contribution in [1.82, 2.24) is 14.7 Å². The molecule has 1 unspecified atom stereocenters. The van der Waals surface area contributed by atoms with Gasteiger partial charge in [-0.15, -0.1) is 0 Å². The van der Waals surface area contributed by atoms with Crippen LogP contribution in [0.15, 0.2) is 23.0 Å². The Morgan fingerprint density at radius 3 is 2.93 bits per heavy atom. The van der Waals surface area contributed by atoms with Gasteiger partial charge in [-0.3, -0.25) is 0 Å². The number of aryl methyl sites for hydroxylation is 1. The third-order valence-electron chi connectivity index (χ3n) is 2.19. The van der Waals surface area contributed by atoms with E-state index < -0.39 is 0 Å². The lowest BCUT2D eigenvalue weighted by Gasteiger charge is -2.00. The summed E-state index contributed by atoms with van der Waals surface area (Å²) in [5, 5.41) is 3.73. The van der Waals surface area contributed by atoms with Crippen LogP contribution in [-0.2, 0) is 6.54 Å². The summed E-state index contributed by atoms with van der Waals surface area (Å²) in [6.07, 6.45) is 3.95. The van der Waals surface area contributed by atoms with Crippen LogP contribution in [0.5, 0.6) is 0 Å². The molecule has 0 radical (unpaired) electrons. The number of nitrogens with two attached hydrogens (primary N) is 1. The summed E-state index contributed by atoms with van der Waals surface area (Å²) in [6, 6.07) is 2.05. The monoisotopic (exact) mass is 206 g/mol. The van der Waals surface area contributed by atoms with Crippen molar-refractivity contribution >= 4 is 0 Å². The SMILES string of the molecule is Cc1noc(Cn2ccc(C(C)N)c2)n1. The third-order valence-corrected chi connectivity index (χ3v) is 2.19. The van der Waals surface area contributed by atoms with Crippen LogP contribution in [-0.4, -0.2) is 14.7 Å². The number of aromatic nitrogens is 3. The smallest absolute Gasteiger partial charge is 0.246 e. The molecule has 15 heavy (non-hydrogen) atoms. The molecular weight excluding hydrogens is 192 g/mol. The van der Waals surface area contributed by atoms with E-state index in [1.54, 1.807) is 6.92 Å². The quantitative estimate of drug-likeness (QED) is 0.820. The van der Waals surface area contributed by atoms with Gasteiger partial charge < -0.3 is 14.8 Å². The van der Waals surface area contributed by atoms with Gasteiger partial charge in [0.2, 0.25) is 5.89 Å². The topological polar surface area (TPSA) is 69.9 Å². The number of hydrogen-bond donors (Lipinski definition) is 1. The van der Waals surface area contributed by atoms with Gasteiger partial charge in [0.1, 0.15) is 6.54 Å². The fraction of sp³-hybridized carbons (Fsp3) is 0.400. The van der Waals surface area contributed by atoms with Crippen molar-refractivity contribution in [2.24, 2.45) is 5.73 Å². The second kappa shape index (κ2) is 3.86. The maximum Gasteiger partial charge on any atom is 0.246 e. The summed E-state index contributed by atoms with van der Waals surface area (Å²) < 4.78 is 7.00. The van der Waals surface area contributed by atoms with Crippen LogP contribution < -0.4 is 5.73 Å². The first kappa shape index (κ1) is 9.92. The van der Waals surface area contributed by atoms with Crippen molar-refractivity contribution < 1.29 is 4.52 Å². The van der Waals surface area contributed by atoms with Crippen LogP contribution in [0, 0.1) is 6.92 Å². The molecule has 5 nitrogen and oxygen atoms in total. The molecule has 80 valence electrons. The molecule has 0 saturated carbocycles. The van der Waals surface area contributed by atoms with E-state index in [1.807, 2.05) is 30.0 Å². The van der Waals surface area contributed by atoms with Crippen molar-refractivity contribution in [3.63, 3.8) is 0 Å². The number of hydrogen-bond acceptors (Lipinski definition) is 4. The lowest BCUT2D eigenvalue weighted by Crippen LogP contribution is -2.04. The zero-order chi connectivity index (χ0) is 10.8. The molecule has 2 rings (SSSR count). The van der Waals surface area contributed by atoms with E-state index >= 15 is 0 Å². The summed E-state index contributed by atoms with van der Waals surface area (Å²) in [4.78, 5) is 4.13. The van der Waals surface area contributed by atoms with E-state index in [9.17, 15) is 0 Å². The van der Waals surface area contributed by atoms with Gasteiger partial charge in [0, 0.05) is 18.4 Å². The highest BCUT2D eigenvalue weighted by Gasteiger charge is 2.05. The maximum atomic E-state index is 5.76. The van der Waals surface area contributed by atoms with E-state index in [4.69, 9.17) is 10.3 Å². The molecule has 0 aliphatic heterocycles. The van der Waals surface area contributed by atoms with Crippen molar-refractivity contribution in [3.8, 4) is 0 Å². The van der Waals surface area contributed by atoms with E-state index in [-0.39, 0.29) is 6.04 Å². The van der Waals surface area contributed by atoms with Gasteiger partial charge in [0.05, 0.1) is 0 Å². The molecule has 0 bridgehead atoms. The van der Waals surface area contributed by atoms with Crippen LogP contribution in [0.2, 0.25) is 0 Å². The minimum Gasteiger partial charge on any atom is -0.345 e. The second-order valence-electron chi connectivity index (χ2n) is 3.64. The lowest BCUT2D eigenvalue weighted by atomic mass is 10.2. The summed E-state index contributed by atoms with van der Waals surface area (Å²) >= 11 is 0. The van der Waals surface area contributed by atoms with E-state index in [1.165, 1.54) is 0 Å². The molecule has 2 aromatic rings. The van der Waals surface area contributed by atoms with Gasteiger partial charge in [0.15, 0.2) is 5.82 Å². The first-order chi connectivity index (χ1) is 7.15. The van der Waals surface area contributed by atoms with Gasteiger partial charge in [0.25, 0.3) is 0 Å². The van der Waals surface area contributed by atoms with Gasteiger partial charge in [-0.2, -0.15) is 4.98 Å². The van der Waals surface area contributed by atoms with Gasteiger partial charge >= 0.3 is 0 Å². The molecule has 0 aliphatic carbocycles. The Hall–Kier alpha value is -1.62. The first-order valence-corrected chi connectivity index (χ1v) is 4.85. The van der Waals surface area contributed by atoms with E-state index in [0.717, 1.165) is 5.56 Å². The Morgan fingerprint density at radius 1 is 1.60 bits per heavy atom. The molecule has 5 heteroatoms. The number of rotatable bonds is 3. The standard InChI is InChI=1S/C10H14N4O/c1-7(11)9-3-4-14(5-9)6-10-12-8(2)13-15-10/h3-5,7H,6,11H2,1-2H3. The highest BCUT2D eigenvalue weighted by atomic mass is 16.5. The largest absolute Gasteiger partial charge is 0.345 e. The number of nitrogens with zero attached hydrogens (tertiary/aromatic N) is 3.